The Morgan fingerprint density at radius 1 is 0.821 bits per heavy atom. The minimum absolute atomic E-state index is 0. The fourth-order valence-corrected chi connectivity index (χ4v) is 4.35. The molecule has 28 heavy (non-hydrogen) atoms. The van der Waals surface area contributed by atoms with Crippen LogP contribution in [0.25, 0.3) is 10.8 Å². The van der Waals surface area contributed by atoms with Gasteiger partial charge in [-0.25, -0.2) is 0 Å². The molecule has 3 nitrogen and oxygen atoms in total. The molecule has 3 aromatic carbocycles. The van der Waals surface area contributed by atoms with E-state index in [-0.39, 0.29) is 38.6 Å². The third kappa shape index (κ3) is 5.08. The Morgan fingerprint density at radius 3 is 2.29 bits per heavy atom. The summed E-state index contributed by atoms with van der Waals surface area (Å²) >= 11 is 0. The molecule has 1 radical (unpaired) electrons. The first-order valence-corrected chi connectivity index (χ1v) is 9.91. The molecule has 0 aromatic heterocycles. The van der Waals surface area contributed by atoms with E-state index in [1.807, 2.05) is 24.3 Å². The summed E-state index contributed by atoms with van der Waals surface area (Å²) in [6.45, 7) is 3.64. The number of hydrogen-bond donors (Lipinski definition) is 1. The number of anilines is 1. The average molecular weight is 448 g/mol. The monoisotopic (exact) mass is 448 g/mol. The maximum absolute atomic E-state index is 13.0. The molecular formula is C24H27N2OY+. The topological polar surface area (TPSA) is 29.1 Å². The van der Waals surface area contributed by atoms with E-state index in [0.717, 1.165) is 40.6 Å². The number of nitrogens with one attached hydrogen (secondary N) is 1. The fraction of sp³-hybridized carbons (Fsp3) is 0.292. The molecule has 0 bridgehead atoms. The summed E-state index contributed by atoms with van der Waals surface area (Å²) in [7, 11) is 0. The van der Waals surface area contributed by atoms with Crippen molar-refractivity contribution in [3.05, 3.63) is 78.4 Å². The first kappa shape index (κ1) is 21.2. The van der Waals surface area contributed by atoms with E-state index in [4.69, 9.17) is 0 Å². The van der Waals surface area contributed by atoms with Crippen LogP contribution >= 0.6 is 0 Å². The van der Waals surface area contributed by atoms with Gasteiger partial charge in [-0.2, -0.15) is 0 Å². The van der Waals surface area contributed by atoms with Gasteiger partial charge in [-0.3, -0.25) is 4.79 Å². The minimum atomic E-state index is 0. The smallest absolute Gasteiger partial charge is 0.279 e. The van der Waals surface area contributed by atoms with Gasteiger partial charge in [-0.05, 0) is 30.7 Å². The molecule has 0 aliphatic carbocycles. The quantitative estimate of drug-likeness (QED) is 0.549. The van der Waals surface area contributed by atoms with Crippen LogP contribution in [0.5, 0.6) is 0 Å². The van der Waals surface area contributed by atoms with E-state index in [2.05, 4.69) is 53.8 Å². The zero-order valence-electron chi connectivity index (χ0n) is 16.3. The van der Waals surface area contributed by atoms with Crippen LogP contribution in [0.15, 0.2) is 72.8 Å². The van der Waals surface area contributed by atoms with Gasteiger partial charge in [-0.15, -0.1) is 0 Å². The molecule has 1 N–H and O–H groups in total. The van der Waals surface area contributed by atoms with Gasteiger partial charge in [0, 0.05) is 49.3 Å². The summed E-state index contributed by atoms with van der Waals surface area (Å²) in [4.78, 5) is 13.0. The van der Waals surface area contributed by atoms with Gasteiger partial charge >= 0.3 is 0 Å². The standard InChI is InChI=1S/C24H26N2O.Y/c27-24(25-23-15-9-13-21-12-5-6-14-22(21)23)19-26(16-7-2-8-17-26)18-20-10-3-1-4-11-20;/h1,3-6,9-15H,2,7-8,16-19H2;/p+1. The Morgan fingerprint density at radius 2 is 1.50 bits per heavy atom. The molecule has 0 unspecified atom stereocenters. The van der Waals surface area contributed by atoms with E-state index in [0.29, 0.717) is 6.54 Å². The van der Waals surface area contributed by atoms with Crippen molar-refractivity contribution in [3.8, 4) is 0 Å². The van der Waals surface area contributed by atoms with Gasteiger partial charge < -0.3 is 9.80 Å². The summed E-state index contributed by atoms with van der Waals surface area (Å²) in [5.41, 5.74) is 2.23. The number of amides is 1. The third-order valence-electron chi connectivity index (χ3n) is 5.67. The maximum atomic E-state index is 13.0. The molecule has 1 heterocycles. The normalized spacial score (nSPS) is 15.6. The van der Waals surface area contributed by atoms with Gasteiger partial charge in [0.15, 0.2) is 6.54 Å². The first-order valence-electron chi connectivity index (χ1n) is 9.91. The predicted molar refractivity (Wildman–Crippen MR) is 111 cm³/mol. The van der Waals surface area contributed by atoms with Crippen molar-refractivity contribution in [2.24, 2.45) is 0 Å². The van der Waals surface area contributed by atoms with Crippen molar-refractivity contribution in [3.63, 3.8) is 0 Å². The Balaban J connectivity index is 0.00000225. The average Bonchev–Trinajstić information content (AvgIpc) is 2.69. The van der Waals surface area contributed by atoms with Crippen LogP contribution in [0.2, 0.25) is 0 Å². The molecule has 3 aromatic rings. The molecular weight excluding hydrogens is 421 g/mol. The number of benzene rings is 3. The number of fused-ring (bicyclic) bond motifs is 1. The van der Waals surface area contributed by atoms with Crippen molar-refractivity contribution in [2.45, 2.75) is 25.8 Å². The zero-order chi connectivity index (χ0) is 18.5. The number of hydrogen-bond acceptors (Lipinski definition) is 1. The first-order chi connectivity index (χ1) is 13.2. The van der Waals surface area contributed by atoms with Crippen molar-refractivity contribution in [1.82, 2.24) is 0 Å². The maximum Gasteiger partial charge on any atom is 0.279 e. The van der Waals surface area contributed by atoms with E-state index in [1.165, 1.54) is 24.8 Å². The van der Waals surface area contributed by atoms with Crippen molar-refractivity contribution >= 4 is 22.4 Å². The molecule has 4 rings (SSSR count). The number of quaternary nitrogens is 1. The molecule has 4 heteroatoms. The number of likely N-dealkylation sites (tertiary alicyclic amines) is 1. The van der Waals surface area contributed by atoms with Gasteiger partial charge in [0.2, 0.25) is 0 Å². The Bertz CT molecular complexity index is 915. The van der Waals surface area contributed by atoms with E-state index in [1.54, 1.807) is 0 Å². The van der Waals surface area contributed by atoms with Crippen LogP contribution in [-0.2, 0) is 44.0 Å². The van der Waals surface area contributed by atoms with Crippen LogP contribution in [0.4, 0.5) is 5.69 Å². The third-order valence-corrected chi connectivity index (χ3v) is 5.67. The summed E-state index contributed by atoms with van der Waals surface area (Å²) in [5.74, 6) is 0.115. The Hall–Kier alpha value is -1.55. The summed E-state index contributed by atoms with van der Waals surface area (Å²) in [5, 5.41) is 5.44. The number of carbonyl (C=O) groups is 1. The van der Waals surface area contributed by atoms with E-state index < -0.39 is 0 Å². The van der Waals surface area contributed by atoms with Gasteiger partial charge in [-0.1, -0.05) is 66.7 Å². The number of nitrogens with zero attached hydrogens (tertiary/aromatic N) is 1. The van der Waals surface area contributed by atoms with Gasteiger partial charge in [0.05, 0.1) is 13.1 Å². The number of piperidine rings is 1. The number of rotatable bonds is 5. The largest absolute Gasteiger partial charge is 0.321 e. The van der Waals surface area contributed by atoms with Crippen LogP contribution in [-0.4, -0.2) is 30.0 Å². The zero-order valence-corrected chi connectivity index (χ0v) is 19.1. The number of carbonyl (C=O) groups excluding carboxylic acids is 1. The Labute approximate surface area is 192 Å². The van der Waals surface area contributed by atoms with Crippen molar-refractivity contribution in [1.29, 1.82) is 0 Å². The van der Waals surface area contributed by atoms with E-state index >= 15 is 0 Å². The Kier molecular flexibility index (Phi) is 7.39. The van der Waals surface area contributed by atoms with Crippen LogP contribution in [0.1, 0.15) is 24.8 Å². The summed E-state index contributed by atoms with van der Waals surface area (Å²) in [6, 6.07) is 24.9. The van der Waals surface area contributed by atoms with E-state index in [9.17, 15) is 4.79 Å². The van der Waals surface area contributed by atoms with Crippen molar-refractivity contribution in [2.75, 3.05) is 25.0 Å². The molecule has 1 saturated heterocycles. The molecule has 1 amide bonds. The van der Waals surface area contributed by atoms with Gasteiger partial charge in [0.25, 0.3) is 5.91 Å². The molecule has 1 aliphatic rings. The minimum Gasteiger partial charge on any atom is -0.321 e. The van der Waals surface area contributed by atoms with Crippen LogP contribution in [0.3, 0.4) is 0 Å². The fourth-order valence-electron chi connectivity index (χ4n) is 4.35. The van der Waals surface area contributed by atoms with Crippen LogP contribution < -0.4 is 5.32 Å². The molecule has 0 spiro atoms. The van der Waals surface area contributed by atoms with Crippen LogP contribution in [0, 0.1) is 0 Å². The second-order valence-corrected chi connectivity index (χ2v) is 7.73. The SMILES string of the molecule is O=C(C[N+]1(Cc2ccccc2)CCCCC1)Nc1cccc2ccccc12.[Y]. The second-order valence-electron chi connectivity index (χ2n) is 7.73. The molecule has 0 saturated carbocycles. The second kappa shape index (κ2) is 9.78. The van der Waals surface area contributed by atoms with Gasteiger partial charge in [0.1, 0.15) is 6.54 Å². The molecule has 1 aliphatic heterocycles. The molecule has 0 atom stereocenters. The summed E-state index contributed by atoms with van der Waals surface area (Å²) < 4.78 is 0.862. The predicted octanol–water partition coefficient (Wildman–Crippen LogP) is 4.98. The molecule has 1 fully saturated rings. The van der Waals surface area contributed by atoms with Crippen molar-refractivity contribution < 1.29 is 42.0 Å². The molecule has 141 valence electrons. The summed E-state index contributed by atoms with van der Waals surface area (Å²) in [6.07, 6.45) is 3.68.